The van der Waals surface area contributed by atoms with Gasteiger partial charge in [-0.3, -0.25) is 9.78 Å². The summed E-state index contributed by atoms with van der Waals surface area (Å²) in [6.45, 7) is 0. The van der Waals surface area contributed by atoms with Gasteiger partial charge in [0.05, 0.1) is 12.5 Å². The fraction of sp³-hybridized carbons (Fsp3) is 0. The van der Waals surface area contributed by atoms with Crippen molar-refractivity contribution < 1.29 is 23.5 Å². The summed E-state index contributed by atoms with van der Waals surface area (Å²) in [5.74, 6) is 0.299. The molecule has 0 unspecified atom stereocenters. The highest BCUT2D eigenvalue weighted by atomic mass is 16.5. The molecule has 4 aromatic rings. The third-order valence-corrected chi connectivity index (χ3v) is 4.02. The maximum Gasteiger partial charge on any atom is 0.347 e. The lowest BCUT2D eigenvalue weighted by Gasteiger charge is -2.11. The lowest BCUT2D eigenvalue weighted by molar-refractivity contribution is 0.0732. The van der Waals surface area contributed by atoms with Gasteiger partial charge in [0.1, 0.15) is 22.8 Å². The van der Waals surface area contributed by atoms with Gasteiger partial charge in [-0.05, 0) is 48.5 Å². The lowest BCUT2D eigenvalue weighted by Crippen LogP contribution is -2.12. The third kappa shape index (κ3) is 4.53. The quantitative estimate of drug-likeness (QED) is 0.364. The van der Waals surface area contributed by atoms with Gasteiger partial charge >= 0.3 is 5.97 Å². The molecule has 2 heterocycles. The molecule has 1 N–H and O–H groups in total. The van der Waals surface area contributed by atoms with Crippen LogP contribution in [0.4, 0.5) is 5.69 Å². The van der Waals surface area contributed by atoms with Crippen LogP contribution in [0.5, 0.6) is 17.2 Å². The fourth-order valence-corrected chi connectivity index (χ4v) is 2.66. The number of carbonyl (C=O) groups excluding carboxylic acids is 2. The third-order valence-electron chi connectivity index (χ3n) is 4.02. The highest BCUT2D eigenvalue weighted by molar-refractivity contribution is 6.02. The van der Waals surface area contributed by atoms with E-state index >= 15 is 0 Å². The molecular weight excluding hydrogens is 384 g/mol. The van der Waals surface area contributed by atoms with Crippen molar-refractivity contribution in [2.24, 2.45) is 0 Å². The molecule has 0 aliphatic rings. The molecule has 0 bridgehead atoms. The predicted octanol–water partition coefficient (Wildman–Crippen LogP) is 4.94. The number of pyridine rings is 1. The molecule has 0 radical (unpaired) electrons. The van der Waals surface area contributed by atoms with Crippen LogP contribution in [0.1, 0.15) is 20.9 Å². The minimum absolute atomic E-state index is 0.180. The van der Waals surface area contributed by atoms with Gasteiger partial charge in [-0.25, -0.2) is 4.79 Å². The first-order valence-electron chi connectivity index (χ1n) is 9.03. The number of carbonyl (C=O) groups is 2. The van der Waals surface area contributed by atoms with Crippen LogP contribution in [0, 0.1) is 0 Å². The van der Waals surface area contributed by atoms with E-state index in [9.17, 15) is 9.59 Å². The molecule has 0 aliphatic carbocycles. The normalized spacial score (nSPS) is 10.3. The number of anilines is 1. The number of aromatic nitrogens is 1. The van der Waals surface area contributed by atoms with Gasteiger partial charge in [0.25, 0.3) is 5.91 Å². The Balaban J connectivity index is 1.49. The molecular formula is C23H16N2O5. The number of hydrogen-bond donors (Lipinski definition) is 1. The largest absolute Gasteiger partial charge is 0.459 e. The molecule has 0 spiro atoms. The van der Waals surface area contributed by atoms with Gasteiger partial charge in [-0.15, -0.1) is 0 Å². The van der Waals surface area contributed by atoms with Crippen LogP contribution in [-0.2, 0) is 0 Å². The molecule has 30 heavy (non-hydrogen) atoms. The van der Waals surface area contributed by atoms with Crippen LogP contribution in [0.3, 0.4) is 0 Å². The maximum atomic E-state index is 12.7. The highest BCUT2D eigenvalue weighted by Gasteiger charge is 2.16. The summed E-state index contributed by atoms with van der Waals surface area (Å²) in [5, 5.41) is 2.69. The maximum absolute atomic E-state index is 12.7. The number of benzene rings is 2. The number of esters is 1. The second-order valence-electron chi connectivity index (χ2n) is 6.14. The Hall–Kier alpha value is -4.39. The van der Waals surface area contributed by atoms with Crippen LogP contribution in [0.25, 0.3) is 0 Å². The van der Waals surface area contributed by atoms with Crippen molar-refractivity contribution >= 4 is 17.6 Å². The van der Waals surface area contributed by atoms with E-state index in [1.807, 2.05) is 0 Å². The Morgan fingerprint density at radius 2 is 1.77 bits per heavy atom. The van der Waals surface area contributed by atoms with E-state index in [2.05, 4.69) is 10.3 Å². The summed E-state index contributed by atoms with van der Waals surface area (Å²) < 4.78 is 16.3. The number of nitrogens with zero attached hydrogens (tertiary/aromatic N) is 1. The molecule has 7 nitrogen and oxygen atoms in total. The van der Waals surface area contributed by atoms with Gasteiger partial charge in [0.15, 0.2) is 5.76 Å². The Morgan fingerprint density at radius 3 is 2.57 bits per heavy atom. The lowest BCUT2D eigenvalue weighted by atomic mass is 10.2. The Labute approximate surface area is 171 Å². The van der Waals surface area contributed by atoms with Crippen molar-refractivity contribution in [2.75, 3.05) is 5.32 Å². The number of rotatable bonds is 6. The topological polar surface area (TPSA) is 90.7 Å². The molecule has 0 saturated carbocycles. The first kappa shape index (κ1) is 18.9. The minimum Gasteiger partial charge on any atom is -0.459 e. The molecule has 0 fully saturated rings. The van der Waals surface area contributed by atoms with Crippen LogP contribution in [0.2, 0.25) is 0 Å². The van der Waals surface area contributed by atoms with Crippen LogP contribution < -0.4 is 14.8 Å². The molecule has 7 heteroatoms. The average molecular weight is 400 g/mol. The first-order valence-corrected chi connectivity index (χ1v) is 9.03. The SMILES string of the molecule is O=C(Nc1cccc(OC(=O)c2ccccc2Oc2cccnc2)c1)c1ccco1. The van der Waals surface area contributed by atoms with E-state index in [1.165, 1.54) is 6.26 Å². The molecule has 4 rings (SSSR count). The molecule has 0 saturated heterocycles. The second kappa shape index (κ2) is 8.74. The van der Waals surface area contributed by atoms with Gasteiger partial charge < -0.3 is 19.2 Å². The van der Waals surface area contributed by atoms with E-state index in [0.29, 0.717) is 17.2 Å². The number of furan rings is 1. The molecule has 2 aromatic carbocycles. The van der Waals surface area contributed by atoms with Crippen molar-refractivity contribution in [1.82, 2.24) is 4.98 Å². The van der Waals surface area contributed by atoms with Crippen molar-refractivity contribution in [2.45, 2.75) is 0 Å². The number of nitrogens with one attached hydrogen (secondary N) is 1. The van der Waals surface area contributed by atoms with Crippen molar-refractivity contribution in [3.8, 4) is 17.2 Å². The standard InChI is InChI=1S/C23H16N2O5/c26-22(21-11-5-13-28-21)25-16-6-3-7-17(14-16)30-23(27)19-9-1-2-10-20(19)29-18-8-4-12-24-15-18/h1-15H,(H,25,26). The Bertz CT molecular complexity index is 1160. The van der Waals surface area contributed by atoms with Crippen LogP contribution in [-0.4, -0.2) is 16.9 Å². The van der Waals surface area contributed by atoms with Gasteiger partial charge in [0.2, 0.25) is 0 Å². The van der Waals surface area contributed by atoms with Crippen LogP contribution in [0.15, 0.2) is 95.9 Å². The van der Waals surface area contributed by atoms with E-state index in [0.717, 1.165) is 0 Å². The Morgan fingerprint density at radius 1 is 0.900 bits per heavy atom. The number of hydrogen-bond acceptors (Lipinski definition) is 6. The summed E-state index contributed by atoms with van der Waals surface area (Å²) in [4.78, 5) is 28.8. The molecule has 0 atom stereocenters. The average Bonchev–Trinajstić information content (AvgIpc) is 3.30. The summed E-state index contributed by atoms with van der Waals surface area (Å²) >= 11 is 0. The number of para-hydroxylation sites is 1. The predicted molar refractivity (Wildman–Crippen MR) is 109 cm³/mol. The first-order chi connectivity index (χ1) is 14.7. The second-order valence-corrected chi connectivity index (χ2v) is 6.14. The summed E-state index contributed by atoms with van der Waals surface area (Å²) in [7, 11) is 0. The smallest absolute Gasteiger partial charge is 0.347 e. The van der Waals surface area contributed by atoms with E-state index in [-0.39, 0.29) is 17.1 Å². The minimum atomic E-state index is -0.594. The zero-order chi connectivity index (χ0) is 20.8. The van der Waals surface area contributed by atoms with Gasteiger partial charge in [0, 0.05) is 18.0 Å². The molecule has 0 aliphatic heterocycles. The number of amides is 1. The summed E-state index contributed by atoms with van der Waals surface area (Å²) in [6, 6.07) is 19.9. The van der Waals surface area contributed by atoms with E-state index < -0.39 is 11.9 Å². The van der Waals surface area contributed by atoms with Crippen molar-refractivity contribution in [3.63, 3.8) is 0 Å². The number of ether oxygens (including phenoxy) is 2. The van der Waals surface area contributed by atoms with Crippen molar-refractivity contribution in [1.29, 1.82) is 0 Å². The highest BCUT2D eigenvalue weighted by Crippen LogP contribution is 2.26. The zero-order valence-corrected chi connectivity index (χ0v) is 15.6. The Kier molecular flexibility index (Phi) is 5.52. The summed E-state index contributed by atoms with van der Waals surface area (Å²) in [6.07, 6.45) is 4.59. The summed E-state index contributed by atoms with van der Waals surface area (Å²) in [5.41, 5.74) is 0.716. The van der Waals surface area contributed by atoms with E-state index in [1.54, 1.807) is 85.2 Å². The zero-order valence-electron chi connectivity index (χ0n) is 15.6. The van der Waals surface area contributed by atoms with Crippen molar-refractivity contribution in [3.05, 3.63) is 103 Å². The molecule has 148 valence electrons. The molecule has 1 amide bonds. The van der Waals surface area contributed by atoms with Crippen LogP contribution >= 0.6 is 0 Å². The monoisotopic (exact) mass is 400 g/mol. The molecule has 2 aromatic heterocycles. The van der Waals surface area contributed by atoms with Gasteiger partial charge in [-0.2, -0.15) is 0 Å². The van der Waals surface area contributed by atoms with E-state index in [4.69, 9.17) is 13.9 Å². The van der Waals surface area contributed by atoms with Gasteiger partial charge in [-0.1, -0.05) is 18.2 Å². The fourth-order valence-electron chi connectivity index (χ4n) is 2.66.